The van der Waals surface area contributed by atoms with Gasteiger partial charge in [-0.15, -0.1) is 0 Å². The zero-order valence-electron chi connectivity index (χ0n) is 6.36. The quantitative estimate of drug-likeness (QED) is 0.419. The maximum absolute atomic E-state index is 9.00. The molecule has 0 saturated heterocycles. The van der Waals surface area contributed by atoms with Gasteiger partial charge in [-0.05, 0) is 0 Å². The summed E-state index contributed by atoms with van der Waals surface area (Å²) in [5, 5.41) is 7.42. The molecule has 0 aromatic heterocycles. The molecule has 0 atom stereocenters. The standard InChI is InChI=1S/C2H4O2.Ba.8H2O.2H/c1-2(3)4;;;;;;;;;;;/h1H3,(H,3,4);;8*1H2;;. The van der Waals surface area contributed by atoms with Gasteiger partial charge < -0.3 is 48.9 Å². The van der Waals surface area contributed by atoms with Crippen LogP contribution in [0.4, 0.5) is 0 Å². The zero-order valence-corrected chi connectivity index (χ0v) is 6.36. The van der Waals surface area contributed by atoms with Crippen molar-refractivity contribution in [2.24, 2.45) is 0 Å². The first-order valence-corrected chi connectivity index (χ1v) is 0.928. The Hall–Kier alpha value is 0.721. The fourth-order valence-electron chi connectivity index (χ4n) is 0. The molecule has 11 heteroatoms. The molecule has 0 saturated carbocycles. The SMILES string of the molecule is CC(=O)O.O.O.O.O.O.O.O.O.[BaH2]. The molecule has 10 nitrogen and oxygen atoms in total. The third-order valence-corrected chi connectivity index (χ3v) is 0. The van der Waals surface area contributed by atoms with Gasteiger partial charge in [0.15, 0.2) is 0 Å². The second-order valence-corrected chi connectivity index (χ2v) is 0.519. The number of hydrogen-bond donors (Lipinski definition) is 1. The Morgan fingerprint density at radius 1 is 0.769 bits per heavy atom. The van der Waals surface area contributed by atoms with Gasteiger partial charge in [-0.1, -0.05) is 0 Å². The molecule has 0 aromatic rings. The van der Waals surface area contributed by atoms with E-state index in [1.165, 1.54) is 0 Å². The van der Waals surface area contributed by atoms with E-state index in [2.05, 4.69) is 0 Å². The third kappa shape index (κ3) is 2810. The molecule has 92 valence electrons. The second-order valence-electron chi connectivity index (χ2n) is 0.519. The van der Waals surface area contributed by atoms with Crippen molar-refractivity contribution in [2.75, 3.05) is 0 Å². The molecule has 0 heterocycles. The fraction of sp³-hybridized carbons (Fsp3) is 0.500. The number of rotatable bonds is 0. The Morgan fingerprint density at radius 2 is 0.769 bits per heavy atom. The summed E-state index contributed by atoms with van der Waals surface area (Å²) < 4.78 is 0. The van der Waals surface area contributed by atoms with Gasteiger partial charge in [0, 0.05) is 6.92 Å². The monoisotopic (exact) mass is 344 g/mol. The van der Waals surface area contributed by atoms with Gasteiger partial charge >= 0.3 is 48.9 Å². The minimum absolute atomic E-state index is 0. The summed E-state index contributed by atoms with van der Waals surface area (Å²) in [7, 11) is 0. The van der Waals surface area contributed by atoms with Crippen molar-refractivity contribution >= 4 is 54.9 Å². The van der Waals surface area contributed by atoms with E-state index in [9.17, 15) is 0 Å². The van der Waals surface area contributed by atoms with Crippen LogP contribution in [-0.2, 0) is 4.79 Å². The van der Waals surface area contributed by atoms with Crippen molar-refractivity contribution in [1.82, 2.24) is 0 Å². The first-order valence-electron chi connectivity index (χ1n) is 0.928. The van der Waals surface area contributed by atoms with Crippen LogP contribution in [0.3, 0.4) is 0 Å². The van der Waals surface area contributed by atoms with E-state index in [1.807, 2.05) is 0 Å². The topological polar surface area (TPSA) is 289 Å². The first kappa shape index (κ1) is 160. The molecule has 0 spiro atoms. The number of aliphatic carboxylic acids is 1. The molecular formula is C2H22BaO10. The van der Waals surface area contributed by atoms with Crippen LogP contribution in [0.2, 0.25) is 0 Å². The molecule has 0 fully saturated rings. The fourth-order valence-corrected chi connectivity index (χ4v) is 0. The van der Waals surface area contributed by atoms with Gasteiger partial charge in [0.2, 0.25) is 0 Å². The average Bonchev–Trinajstić information content (AvgIpc) is 0.811. The summed E-state index contributed by atoms with van der Waals surface area (Å²) in [6, 6.07) is 0. The van der Waals surface area contributed by atoms with E-state index in [1.54, 1.807) is 0 Å². The van der Waals surface area contributed by atoms with Crippen LogP contribution in [0.15, 0.2) is 0 Å². The normalized spacial score (nSPS) is 1.92. The van der Waals surface area contributed by atoms with Crippen molar-refractivity contribution in [3.63, 3.8) is 0 Å². The summed E-state index contributed by atoms with van der Waals surface area (Å²) in [5.74, 6) is -0.833. The molecule has 0 aliphatic heterocycles. The maximum atomic E-state index is 9.00. The van der Waals surface area contributed by atoms with E-state index in [0.717, 1.165) is 6.92 Å². The van der Waals surface area contributed by atoms with Crippen molar-refractivity contribution in [3.8, 4) is 0 Å². The summed E-state index contributed by atoms with van der Waals surface area (Å²) in [6.07, 6.45) is 0. The van der Waals surface area contributed by atoms with Crippen LogP contribution < -0.4 is 0 Å². The molecule has 0 rings (SSSR count). The van der Waals surface area contributed by atoms with E-state index in [4.69, 9.17) is 9.90 Å². The molecule has 13 heavy (non-hydrogen) atoms. The zero-order chi connectivity index (χ0) is 3.58. The van der Waals surface area contributed by atoms with E-state index in [0.29, 0.717) is 0 Å². The van der Waals surface area contributed by atoms with Gasteiger partial charge in [0.05, 0.1) is 0 Å². The van der Waals surface area contributed by atoms with Crippen LogP contribution in [-0.4, -0.2) is 104 Å². The molecular weight excluding hydrogens is 321 g/mol. The van der Waals surface area contributed by atoms with Gasteiger partial charge in [0.25, 0.3) is 5.97 Å². The summed E-state index contributed by atoms with van der Waals surface area (Å²) in [6.45, 7) is 1.08. The second kappa shape index (κ2) is 126. The van der Waals surface area contributed by atoms with Gasteiger partial charge in [-0.25, -0.2) is 0 Å². The number of carbonyl (C=O) groups is 1. The molecule has 0 amide bonds. The molecule has 0 aliphatic carbocycles. The Morgan fingerprint density at radius 3 is 0.769 bits per heavy atom. The van der Waals surface area contributed by atoms with Crippen LogP contribution in [0.5, 0.6) is 0 Å². The van der Waals surface area contributed by atoms with Crippen molar-refractivity contribution < 1.29 is 53.7 Å². The molecule has 0 radical (unpaired) electrons. The van der Waals surface area contributed by atoms with E-state index in [-0.39, 0.29) is 92.7 Å². The number of carboxylic acid groups (broad SMARTS) is 1. The molecule has 17 N–H and O–H groups in total. The predicted molar refractivity (Wildman–Crippen MR) is 50.8 cm³/mol. The molecule has 0 bridgehead atoms. The summed E-state index contributed by atoms with van der Waals surface area (Å²) >= 11 is 0. The van der Waals surface area contributed by atoms with Gasteiger partial charge in [-0.3, -0.25) is 4.79 Å². The van der Waals surface area contributed by atoms with Crippen molar-refractivity contribution in [2.45, 2.75) is 6.92 Å². The van der Waals surface area contributed by atoms with Crippen molar-refractivity contribution in [1.29, 1.82) is 0 Å². The van der Waals surface area contributed by atoms with E-state index >= 15 is 0 Å². The van der Waals surface area contributed by atoms with Crippen LogP contribution in [0.25, 0.3) is 0 Å². The van der Waals surface area contributed by atoms with Gasteiger partial charge in [0.1, 0.15) is 0 Å². The Kier molecular flexibility index (Phi) is 1560. The summed E-state index contributed by atoms with van der Waals surface area (Å²) in [5.41, 5.74) is 0. The predicted octanol–water partition coefficient (Wildman–Crippen LogP) is -7.42. The van der Waals surface area contributed by atoms with Gasteiger partial charge in [-0.2, -0.15) is 0 Å². The van der Waals surface area contributed by atoms with Crippen molar-refractivity contribution in [3.05, 3.63) is 0 Å². The Bertz CT molecular complexity index is 35.9. The van der Waals surface area contributed by atoms with Crippen LogP contribution in [0, 0.1) is 0 Å². The summed E-state index contributed by atoms with van der Waals surface area (Å²) in [4.78, 5) is 9.00. The average molecular weight is 344 g/mol. The third-order valence-electron chi connectivity index (χ3n) is 0. The number of hydrogen-bond acceptors (Lipinski definition) is 1. The number of carboxylic acids is 1. The molecule has 0 unspecified atom stereocenters. The molecule has 0 aromatic carbocycles. The van der Waals surface area contributed by atoms with E-state index < -0.39 is 5.97 Å². The van der Waals surface area contributed by atoms with Crippen LogP contribution in [0.1, 0.15) is 6.92 Å². The molecule has 0 aliphatic rings. The Balaban J connectivity index is -0.00000000125. The minimum atomic E-state index is -0.833. The van der Waals surface area contributed by atoms with Crippen LogP contribution >= 0.6 is 0 Å². The Labute approximate surface area is 114 Å². The first-order chi connectivity index (χ1) is 1.73.